The second-order valence-corrected chi connectivity index (χ2v) is 10.3. The van der Waals surface area contributed by atoms with Crippen LogP contribution in [0.5, 0.6) is 5.75 Å². The van der Waals surface area contributed by atoms with Crippen LogP contribution in [0.15, 0.2) is 24.5 Å². The summed E-state index contributed by atoms with van der Waals surface area (Å²) in [6.07, 6.45) is 13.7. The van der Waals surface area contributed by atoms with Gasteiger partial charge in [-0.25, -0.2) is 9.97 Å². The summed E-state index contributed by atoms with van der Waals surface area (Å²) < 4.78 is 5.90. The molecule has 3 aliphatic heterocycles. The van der Waals surface area contributed by atoms with Gasteiger partial charge in [-0.05, 0) is 57.3 Å². The van der Waals surface area contributed by atoms with Crippen LogP contribution >= 0.6 is 0 Å². The van der Waals surface area contributed by atoms with Crippen LogP contribution in [-0.2, 0) is 11.2 Å². The highest BCUT2D eigenvalue weighted by Gasteiger charge is 2.55. The number of carbonyl (C=O) groups excluding carboxylic acids is 1. The largest absolute Gasteiger partial charge is 0.491 e. The van der Waals surface area contributed by atoms with Gasteiger partial charge in [0.25, 0.3) is 0 Å². The van der Waals surface area contributed by atoms with E-state index in [-0.39, 0.29) is 5.91 Å². The molecule has 2 N–H and O–H groups in total. The number of hydrogen-bond donors (Lipinski definition) is 2. The summed E-state index contributed by atoms with van der Waals surface area (Å²) in [5.41, 5.74) is 0.556. The molecule has 5 heterocycles. The monoisotopic (exact) mass is 477 g/mol. The molecule has 9 nitrogen and oxygen atoms in total. The summed E-state index contributed by atoms with van der Waals surface area (Å²) in [6.45, 7) is 4.71. The molecule has 0 bridgehead atoms. The highest BCUT2D eigenvalue weighted by molar-refractivity contribution is 5.94. The minimum absolute atomic E-state index is 0.134. The standard InChI is InChI=1S/C26H35N7O2/c34-24-26(10-11-27-24)16-19-17-29-25(31-23(19)33(26)20-6-2-3-7-20)30-22-9-8-21(18-28-22)35-15-14-32-12-4-1-5-13-32/h8-9,17-18,20H,1-7,10-16H2,(H,27,34)(H,28,29,30,31). The van der Waals surface area contributed by atoms with E-state index in [4.69, 9.17) is 9.72 Å². The molecule has 3 fully saturated rings. The average molecular weight is 478 g/mol. The Morgan fingerprint density at radius 1 is 1.09 bits per heavy atom. The number of carbonyl (C=O) groups is 1. The molecular weight excluding hydrogens is 442 g/mol. The van der Waals surface area contributed by atoms with Crippen molar-refractivity contribution < 1.29 is 9.53 Å². The molecule has 1 unspecified atom stereocenters. The Balaban J connectivity index is 1.13. The first-order chi connectivity index (χ1) is 17.2. The zero-order valence-corrected chi connectivity index (χ0v) is 20.3. The molecule has 186 valence electrons. The van der Waals surface area contributed by atoms with Crippen molar-refractivity contribution in [2.45, 2.75) is 69.4 Å². The Hall–Kier alpha value is -2.94. The number of aromatic nitrogens is 3. The lowest BCUT2D eigenvalue weighted by atomic mass is 9.91. The molecule has 2 aromatic heterocycles. The van der Waals surface area contributed by atoms with E-state index in [9.17, 15) is 4.79 Å². The van der Waals surface area contributed by atoms with E-state index in [1.165, 1.54) is 45.2 Å². The number of anilines is 3. The number of nitrogens with zero attached hydrogens (tertiary/aromatic N) is 5. The maximum absolute atomic E-state index is 13.0. The molecule has 35 heavy (non-hydrogen) atoms. The Morgan fingerprint density at radius 2 is 1.94 bits per heavy atom. The first kappa shape index (κ1) is 22.5. The summed E-state index contributed by atoms with van der Waals surface area (Å²) in [7, 11) is 0. The van der Waals surface area contributed by atoms with Gasteiger partial charge < -0.3 is 20.3 Å². The van der Waals surface area contributed by atoms with Crippen molar-refractivity contribution in [3.05, 3.63) is 30.1 Å². The zero-order valence-electron chi connectivity index (χ0n) is 20.3. The predicted octanol–water partition coefficient (Wildman–Crippen LogP) is 3.04. The average Bonchev–Trinajstić information content (AvgIpc) is 3.60. The maximum atomic E-state index is 13.0. The van der Waals surface area contributed by atoms with Gasteiger partial charge in [-0.2, -0.15) is 4.98 Å². The van der Waals surface area contributed by atoms with Gasteiger partial charge >= 0.3 is 0 Å². The van der Waals surface area contributed by atoms with Crippen LogP contribution in [0, 0.1) is 0 Å². The lowest BCUT2D eigenvalue weighted by Gasteiger charge is -2.38. The van der Waals surface area contributed by atoms with Crippen molar-refractivity contribution in [3.8, 4) is 5.75 Å². The van der Waals surface area contributed by atoms with Crippen LogP contribution in [-0.4, -0.2) is 70.1 Å². The molecule has 1 aliphatic carbocycles. The van der Waals surface area contributed by atoms with E-state index in [1.54, 1.807) is 6.20 Å². The molecule has 1 saturated carbocycles. The quantitative estimate of drug-likeness (QED) is 0.628. The van der Waals surface area contributed by atoms with Gasteiger partial charge in [-0.1, -0.05) is 19.3 Å². The second kappa shape index (κ2) is 9.60. The van der Waals surface area contributed by atoms with Crippen molar-refractivity contribution in [3.63, 3.8) is 0 Å². The molecule has 0 aromatic carbocycles. The summed E-state index contributed by atoms with van der Waals surface area (Å²) in [5, 5.41) is 6.31. The topological polar surface area (TPSA) is 95.5 Å². The van der Waals surface area contributed by atoms with E-state index in [0.717, 1.165) is 49.5 Å². The molecule has 1 atom stereocenters. The Morgan fingerprint density at radius 3 is 2.69 bits per heavy atom. The molecule has 9 heteroatoms. The maximum Gasteiger partial charge on any atom is 0.246 e. The summed E-state index contributed by atoms with van der Waals surface area (Å²) in [5.74, 6) is 2.99. The van der Waals surface area contributed by atoms with Gasteiger partial charge in [0, 0.05) is 37.3 Å². The van der Waals surface area contributed by atoms with Crippen molar-refractivity contribution in [1.29, 1.82) is 0 Å². The molecule has 0 radical (unpaired) electrons. The van der Waals surface area contributed by atoms with Crippen LogP contribution in [0.3, 0.4) is 0 Å². The number of ether oxygens (including phenoxy) is 1. The van der Waals surface area contributed by atoms with Crippen molar-refractivity contribution in [1.82, 2.24) is 25.2 Å². The summed E-state index contributed by atoms with van der Waals surface area (Å²) in [4.78, 5) is 31.7. The van der Waals surface area contributed by atoms with Crippen molar-refractivity contribution in [2.75, 3.05) is 43.0 Å². The fourth-order valence-electron chi connectivity index (χ4n) is 6.27. The Bertz CT molecular complexity index is 1050. The van der Waals surface area contributed by atoms with Gasteiger partial charge in [0.05, 0.1) is 6.20 Å². The number of piperidine rings is 1. The normalized spacial score (nSPS) is 24.7. The zero-order chi connectivity index (χ0) is 23.7. The number of hydrogen-bond acceptors (Lipinski definition) is 8. The molecular formula is C26H35N7O2. The summed E-state index contributed by atoms with van der Waals surface area (Å²) >= 11 is 0. The first-order valence-corrected chi connectivity index (χ1v) is 13.2. The predicted molar refractivity (Wildman–Crippen MR) is 134 cm³/mol. The minimum atomic E-state index is -0.504. The minimum Gasteiger partial charge on any atom is -0.491 e. The Kier molecular flexibility index (Phi) is 6.18. The number of fused-ring (bicyclic) bond motifs is 1. The van der Waals surface area contributed by atoms with Gasteiger partial charge in [-0.3, -0.25) is 9.69 Å². The first-order valence-electron chi connectivity index (χ1n) is 13.2. The van der Waals surface area contributed by atoms with E-state index in [2.05, 4.69) is 30.4 Å². The van der Waals surface area contributed by atoms with Gasteiger partial charge in [-0.15, -0.1) is 0 Å². The van der Waals surface area contributed by atoms with E-state index in [0.29, 0.717) is 30.8 Å². The molecule has 2 saturated heterocycles. The lowest BCUT2D eigenvalue weighted by Crippen LogP contribution is -2.56. The van der Waals surface area contributed by atoms with Crippen LogP contribution in [0.1, 0.15) is 56.9 Å². The smallest absolute Gasteiger partial charge is 0.246 e. The second-order valence-electron chi connectivity index (χ2n) is 10.3. The highest BCUT2D eigenvalue weighted by Crippen LogP contribution is 2.46. The fraction of sp³-hybridized carbons (Fsp3) is 0.615. The third-order valence-electron chi connectivity index (χ3n) is 8.05. The Labute approximate surface area is 206 Å². The van der Waals surface area contributed by atoms with Crippen LogP contribution < -0.4 is 20.3 Å². The molecule has 1 amide bonds. The van der Waals surface area contributed by atoms with E-state index in [1.807, 2.05) is 18.3 Å². The van der Waals surface area contributed by atoms with Crippen LogP contribution in [0.2, 0.25) is 0 Å². The van der Waals surface area contributed by atoms with Crippen LogP contribution in [0.4, 0.5) is 17.6 Å². The number of nitrogens with one attached hydrogen (secondary N) is 2. The van der Waals surface area contributed by atoms with E-state index < -0.39 is 5.54 Å². The van der Waals surface area contributed by atoms with Crippen molar-refractivity contribution in [2.24, 2.45) is 0 Å². The lowest BCUT2D eigenvalue weighted by molar-refractivity contribution is -0.123. The SMILES string of the molecule is O=C1NCCC12Cc1cnc(Nc3ccc(OCCN4CCCCC4)cn3)nc1N2C1CCCC1. The van der Waals surface area contributed by atoms with Crippen molar-refractivity contribution >= 4 is 23.5 Å². The molecule has 6 rings (SSSR count). The van der Waals surface area contributed by atoms with Gasteiger partial charge in [0.1, 0.15) is 29.5 Å². The summed E-state index contributed by atoms with van der Waals surface area (Å²) in [6, 6.07) is 4.19. The molecule has 4 aliphatic rings. The fourth-order valence-corrected chi connectivity index (χ4v) is 6.27. The molecule has 2 aromatic rings. The third kappa shape index (κ3) is 4.42. The van der Waals surface area contributed by atoms with Gasteiger partial charge in [0.15, 0.2) is 0 Å². The number of amides is 1. The number of likely N-dealkylation sites (tertiary alicyclic amines) is 1. The third-order valence-corrected chi connectivity index (χ3v) is 8.05. The van der Waals surface area contributed by atoms with Crippen LogP contribution in [0.25, 0.3) is 0 Å². The number of rotatable bonds is 7. The van der Waals surface area contributed by atoms with E-state index >= 15 is 0 Å². The molecule has 1 spiro atoms. The highest BCUT2D eigenvalue weighted by atomic mass is 16.5. The number of pyridine rings is 1. The van der Waals surface area contributed by atoms with Gasteiger partial charge in [0.2, 0.25) is 11.9 Å².